The van der Waals surface area contributed by atoms with Crippen LogP contribution in [-0.4, -0.2) is 91.6 Å². The number of nitrogens with one attached hydrogen (secondary N) is 1. The number of likely N-dealkylation sites (tertiary alicyclic amines) is 1. The van der Waals surface area contributed by atoms with Crippen LogP contribution in [0.1, 0.15) is 69.2 Å². The van der Waals surface area contributed by atoms with Crippen molar-refractivity contribution in [3.63, 3.8) is 0 Å². The molecule has 0 unspecified atom stereocenters. The number of hydrogen-bond donors (Lipinski definition) is 2. The summed E-state index contributed by atoms with van der Waals surface area (Å²) in [5.41, 5.74) is 11.2. The molecule has 0 radical (unpaired) electrons. The van der Waals surface area contributed by atoms with Crippen molar-refractivity contribution >= 4 is 29.2 Å². The number of carbonyl (C=O) groups is 3. The molecule has 2 aliphatic rings. The Bertz CT molecular complexity index is 1740. The van der Waals surface area contributed by atoms with E-state index in [0.717, 1.165) is 28.7 Å². The van der Waals surface area contributed by atoms with E-state index in [4.69, 9.17) is 10.7 Å². The predicted octanol–water partition coefficient (Wildman–Crippen LogP) is 4.19. The molecule has 1 heterocycles. The quantitative estimate of drug-likeness (QED) is 0.260. The van der Waals surface area contributed by atoms with E-state index in [1.165, 1.54) is 21.9 Å². The second-order valence-electron chi connectivity index (χ2n) is 13.4. The Morgan fingerprint density at radius 1 is 0.980 bits per heavy atom. The first kappa shape index (κ1) is 35.2. The Kier molecular flexibility index (Phi) is 10.5. The lowest BCUT2D eigenvalue weighted by molar-refractivity contribution is -0.130. The van der Waals surface area contributed by atoms with E-state index in [-0.39, 0.29) is 36.1 Å². The Morgan fingerprint density at radius 3 is 2.04 bits per heavy atom. The molecule has 2 atom stereocenters. The number of amidine groups is 1. The number of benzene rings is 3. The molecule has 3 aromatic carbocycles. The third-order valence-corrected chi connectivity index (χ3v) is 9.55. The van der Waals surface area contributed by atoms with Crippen molar-refractivity contribution in [1.29, 1.82) is 5.26 Å². The third-order valence-electron chi connectivity index (χ3n) is 9.55. The summed E-state index contributed by atoms with van der Waals surface area (Å²) < 4.78 is 13.9. The van der Waals surface area contributed by atoms with Gasteiger partial charge in [-0.2, -0.15) is 5.26 Å². The molecular formula is C38H44FN7O3. The van der Waals surface area contributed by atoms with E-state index in [1.54, 1.807) is 57.4 Å². The highest BCUT2D eigenvalue weighted by molar-refractivity contribution is 6.00. The van der Waals surface area contributed by atoms with Crippen molar-refractivity contribution in [3.8, 4) is 6.07 Å². The minimum atomic E-state index is -1.08. The summed E-state index contributed by atoms with van der Waals surface area (Å²) >= 11 is 0. The van der Waals surface area contributed by atoms with E-state index in [1.807, 2.05) is 31.2 Å². The smallest absolute Gasteiger partial charge is 0.253 e. The molecule has 3 N–H and O–H groups in total. The van der Waals surface area contributed by atoms with E-state index < -0.39 is 17.3 Å². The fraction of sp³-hybridized carbons (Fsp3) is 0.395. The summed E-state index contributed by atoms with van der Waals surface area (Å²) in [7, 11) is 6.83. The van der Waals surface area contributed by atoms with Gasteiger partial charge in [-0.1, -0.05) is 12.1 Å². The largest absolute Gasteiger partial charge is 0.386 e. The number of nitriles is 1. The highest BCUT2D eigenvalue weighted by atomic mass is 19.1. The van der Waals surface area contributed by atoms with Crippen molar-refractivity contribution in [2.24, 2.45) is 10.7 Å². The fourth-order valence-corrected chi connectivity index (χ4v) is 7.08. The molecule has 0 aromatic heterocycles. The fourth-order valence-electron chi connectivity index (χ4n) is 7.08. The van der Waals surface area contributed by atoms with Gasteiger partial charge < -0.3 is 25.8 Å². The van der Waals surface area contributed by atoms with Gasteiger partial charge in [0.05, 0.1) is 23.7 Å². The number of carbonyl (C=O) groups excluding carboxylic acids is 3. The molecule has 49 heavy (non-hydrogen) atoms. The number of fused-ring (bicyclic) bond motifs is 2. The van der Waals surface area contributed by atoms with Crippen LogP contribution >= 0.6 is 0 Å². The zero-order chi connectivity index (χ0) is 35.5. The Hall–Kier alpha value is -5.08. The number of aliphatic imine (C=N–C) groups is 1. The monoisotopic (exact) mass is 665 g/mol. The summed E-state index contributed by atoms with van der Waals surface area (Å²) in [5, 5.41) is 12.9. The molecular weight excluding hydrogens is 621 g/mol. The van der Waals surface area contributed by atoms with Gasteiger partial charge >= 0.3 is 0 Å². The topological polar surface area (TPSA) is 135 Å². The first-order chi connectivity index (χ1) is 23.3. The van der Waals surface area contributed by atoms with Gasteiger partial charge in [0, 0.05) is 51.9 Å². The van der Waals surface area contributed by atoms with Gasteiger partial charge in [-0.25, -0.2) is 9.38 Å². The molecule has 0 spiro atoms. The van der Waals surface area contributed by atoms with Crippen LogP contribution in [0.2, 0.25) is 0 Å². The predicted molar refractivity (Wildman–Crippen MR) is 187 cm³/mol. The maximum Gasteiger partial charge on any atom is 0.253 e. The Balaban J connectivity index is 1.68. The van der Waals surface area contributed by atoms with Gasteiger partial charge in [0.25, 0.3) is 11.8 Å². The summed E-state index contributed by atoms with van der Waals surface area (Å²) in [6.45, 7) is 2.57. The summed E-state index contributed by atoms with van der Waals surface area (Å²) in [6, 6.07) is 18.6. The molecule has 256 valence electrons. The molecule has 1 aliphatic heterocycles. The highest BCUT2D eigenvalue weighted by Crippen LogP contribution is 2.45. The SMILES string of the molecule is C[C@H](CC1(C(N)=Nc2ccc(F)cc2)c2ccc(C(=O)N(C)C)cc2CCc2cc(C(=O)N(C)C)ccc21)NCC(=O)N1CCC[C@H]1C#N. The molecule has 0 bridgehead atoms. The summed E-state index contributed by atoms with van der Waals surface area (Å²) in [4.78, 5) is 49.0. The number of rotatable bonds is 9. The standard InChI is InChI=1S/C38H44FN7O3/c1-24(42-23-34(47)46-18-6-7-31(46)22-40)21-38(37(41)43-30-14-12-29(39)13-15-30)32-16-10-27(35(48)44(2)3)19-25(32)8-9-26-20-28(11-17-33(26)38)36(49)45(4)5/h10-17,19-20,24,31,42H,6-9,18,21,23H2,1-5H3,(H2,41,43)/t24-,31+/m1/s1. The van der Waals surface area contributed by atoms with Crippen molar-refractivity contribution < 1.29 is 18.8 Å². The molecule has 3 amide bonds. The van der Waals surface area contributed by atoms with E-state index >= 15 is 0 Å². The van der Waals surface area contributed by atoms with Crippen LogP contribution < -0.4 is 11.1 Å². The second-order valence-corrected chi connectivity index (χ2v) is 13.4. The molecule has 1 saturated heterocycles. The van der Waals surface area contributed by atoms with Crippen molar-refractivity contribution in [2.75, 3.05) is 41.3 Å². The number of aryl methyl sites for hydroxylation is 2. The Morgan fingerprint density at radius 2 is 1.53 bits per heavy atom. The minimum absolute atomic E-state index is 0.0384. The van der Waals surface area contributed by atoms with Crippen LogP contribution in [-0.2, 0) is 23.1 Å². The van der Waals surface area contributed by atoms with Gasteiger partial charge in [0.1, 0.15) is 17.7 Å². The minimum Gasteiger partial charge on any atom is -0.386 e. The van der Waals surface area contributed by atoms with Crippen LogP contribution in [0.3, 0.4) is 0 Å². The van der Waals surface area contributed by atoms with Crippen LogP contribution in [0.5, 0.6) is 0 Å². The van der Waals surface area contributed by atoms with Gasteiger partial charge in [-0.15, -0.1) is 0 Å². The Labute approximate surface area is 287 Å². The summed E-state index contributed by atoms with van der Waals surface area (Å²) in [5.74, 6) is -0.543. The molecule has 1 fully saturated rings. The number of halogens is 1. The number of nitrogens with two attached hydrogens (primary N) is 1. The number of amides is 3. The first-order valence-electron chi connectivity index (χ1n) is 16.6. The van der Waals surface area contributed by atoms with Crippen molar-refractivity contribution in [3.05, 3.63) is 99.9 Å². The van der Waals surface area contributed by atoms with Crippen molar-refractivity contribution in [2.45, 2.75) is 56.5 Å². The molecule has 3 aromatic rings. The van der Waals surface area contributed by atoms with Crippen molar-refractivity contribution in [1.82, 2.24) is 20.0 Å². The van der Waals surface area contributed by atoms with Crippen LogP contribution in [0.4, 0.5) is 10.1 Å². The van der Waals surface area contributed by atoms with Crippen LogP contribution in [0.15, 0.2) is 65.7 Å². The number of nitrogens with zero attached hydrogens (tertiary/aromatic N) is 5. The second kappa shape index (κ2) is 14.6. The van der Waals surface area contributed by atoms with Crippen LogP contribution in [0, 0.1) is 17.1 Å². The summed E-state index contributed by atoms with van der Waals surface area (Å²) in [6.07, 6.45) is 2.98. The molecule has 5 rings (SSSR count). The van der Waals surface area contributed by atoms with Gasteiger partial charge in [-0.05, 0) is 110 Å². The maximum absolute atomic E-state index is 13.9. The molecule has 10 nitrogen and oxygen atoms in total. The molecule has 0 saturated carbocycles. The van der Waals surface area contributed by atoms with E-state index in [9.17, 15) is 24.0 Å². The van der Waals surface area contributed by atoms with Gasteiger partial charge in [-0.3, -0.25) is 14.4 Å². The van der Waals surface area contributed by atoms with E-state index in [2.05, 4.69) is 11.4 Å². The lowest BCUT2D eigenvalue weighted by Crippen LogP contribution is -2.49. The first-order valence-corrected chi connectivity index (χ1v) is 16.6. The number of hydrogen-bond acceptors (Lipinski definition) is 6. The van der Waals surface area contributed by atoms with Gasteiger partial charge in [0.15, 0.2) is 0 Å². The molecule has 1 aliphatic carbocycles. The molecule has 11 heteroatoms. The third kappa shape index (κ3) is 7.20. The normalized spacial score (nSPS) is 17.3. The average molecular weight is 666 g/mol. The lowest BCUT2D eigenvalue weighted by Gasteiger charge is -2.38. The average Bonchev–Trinajstić information content (AvgIpc) is 3.53. The lowest BCUT2D eigenvalue weighted by atomic mass is 9.67. The van der Waals surface area contributed by atoms with Gasteiger partial charge in [0.2, 0.25) is 5.91 Å². The zero-order valence-electron chi connectivity index (χ0n) is 28.8. The maximum atomic E-state index is 13.9. The zero-order valence-corrected chi connectivity index (χ0v) is 28.8. The van der Waals surface area contributed by atoms with Crippen LogP contribution in [0.25, 0.3) is 0 Å². The highest BCUT2D eigenvalue weighted by Gasteiger charge is 2.44. The van der Waals surface area contributed by atoms with E-state index in [0.29, 0.717) is 49.0 Å².